The number of carbonyl (C=O) groups is 1. The van der Waals surface area contributed by atoms with Crippen LogP contribution in [0.25, 0.3) is 5.69 Å². The van der Waals surface area contributed by atoms with Gasteiger partial charge in [-0.1, -0.05) is 65.9 Å². The number of fused-ring (bicyclic) bond motifs is 1. The molecule has 1 N–H and O–H groups in total. The lowest BCUT2D eigenvalue weighted by atomic mass is 9.83. The Hall–Kier alpha value is -4.68. The number of ether oxygens (including phenoxy) is 2. The molecular formula is C27H20N4O4S. The van der Waals surface area contributed by atoms with Crippen LogP contribution in [0.1, 0.15) is 33.8 Å². The molecule has 0 spiro atoms. The number of allylic oxidation sites excluding steroid dienone is 1. The maximum Gasteiger partial charge on any atom is 0.369 e. The molecule has 1 aliphatic heterocycles. The van der Waals surface area contributed by atoms with Crippen molar-refractivity contribution < 1.29 is 19.4 Å². The van der Waals surface area contributed by atoms with Crippen molar-refractivity contribution in [3.63, 3.8) is 0 Å². The second-order valence-corrected chi connectivity index (χ2v) is 8.72. The molecule has 0 bridgehead atoms. The Labute approximate surface area is 210 Å². The zero-order chi connectivity index (χ0) is 25.1. The molecule has 8 nitrogen and oxygen atoms in total. The van der Waals surface area contributed by atoms with Gasteiger partial charge in [0, 0.05) is 11.6 Å². The zero-order valence-corrected chi connectivity index (χ0v) is 20.0. The van der Waals surface area contributed by atoms with Gasteiger partial charge in [-0.15, -0.1) is 5.10 Å². The van der Waals surface area contributed by atoms with E-state index in [4.69, 9.17) is 9.47 Å². The predicted molar refractivity (Wildman–Crippen MR) is 133 cm³/mol. The highest BCUT2D eigenvalue weighted by atomic mass is 32.1. The van der Waals surface area contributed by atoms with Gasteiger partial charge in [-0.25, -0.2) is 9.48 Å². The molecule has 0 radical (unpaired) electrons. The number of phenolic OH excluding ortho intramolecular Hbond substituents is 1. The van der Waals surface area contributed by atoms with Crippen molar-refractivity contribution in [3.05, 3.63) is 111 Å². The number of hydrogen-bond donors (Lipinski definition) is 1. The third-order valence-electron chi connectivity index (χ3n) is 5.50. The molecule has 1 atom stereocenters. The van der Waals surface area contributed by atoms with Crippen molar-refractivity contribution in [2.75, 3.05) is 6.61 Å². The second-order valence-electron chi connectivity index (χ2n) is 7.77. The van der Waals surface area contributed by atoms with Gasteiger partial charge in [-0.2, -0.15) is 10.3 Å². The Bertz CT molecular complexity index is 1570. The van der Waals surface area contributed by atoms with Crippen LogP contribution in [-0.2, 0) is 4.74 Å². The van der Waals surface area contributed by atoms with Crippen LogP contribution in [0.3, 0.4) is 0 Å². The van der Waals surface area contributed by atoms with E-state index < -0.39 is 11.9 Å². The van der Waals surface area contributed by atoms with E-state index in [2.05, 4.69) is 16.2 Å². The molecule has 9 heteroatoms. The number of rotatable bonds is 5. The van der Waals surface area contributed by atoms with Gasteiger partial charge < -0.3 is 14.6 Å². The minimum atomic E-state index is -0.565. The van der Waals surface area contributed by atoms with E-state index in [1.807, 2.05) is 60.7 Å². The van der Waals surface area contributed by atoms with Crippen LogP contribution in [0.4, 0.5) is 0 Å². The van der Waals surface area contributed by atoms with Crippen molar-refractivity contribution in [3.8, 4) is 23.3 Å². The summed E-state index contributed by atoms with van der Waals surface area (Å²) in [5, 5.41) is 24.8. The van der Waals surface area contributed by atoms with Gasteiger partial charge in [0.15, 0.2) is 0 Å². The molecule has 1 aromatic heterocycles. The first-order valence-electron chi connectivity index (χ1n) is 11.2. The fourth-order valence-electron chi connectivity index (χ4n) is 3.93. The van der Waals surface area contributed by atoms with Crippen molar-refractivity contribution >= 4 is 17.3 Å². The lowest BCUT2D eigenvalue weighted by Gasteiger charge is -2.26. The van der Waals surface area contributed by atoms with E-state index in [1.54, 1.807) is 19.1 Å². The van der Waals surface area contributed by atoms with Crippen molar-refractivity contribution in [1.29, 1.82) is 5.26 Å². The molecule has 178 valence electrons. The standard InChI is InChI=1S/C27H20N4O4S/c1-2-34-26(33)25-30-31(18-11-7-4-8-12-18)27(36-25)29-24-21(16-28)23(17-9-5-3-6-10-17)20-14-13-19(32)15-22(20)35-24/h3-15,23,32H,2H2,1H3/b29-27-. The van der Waals surface area contributed by atoms with E-state index in [0.717, 1.165) is 22.5 Å². The third-order valence-corrected chi connectivity index (χ3v) is 6.38. The Morgan fingerprint density at radius 3 is 2.58 bits per heavy atom. The molecule has 5 rings (SSSR count). The first-order chi connectivity index (χ1) is 17.6. The van der Waals surface area contributed by atoms with Crippen LogP contribution >= 0.6 is 11.3 Å². The highest BCUT2D eigenvalue weighted by Crippen LogP contribution is 2.44. The highest BCUT2D eigenvalue weighted by molar-refractivity contribution is 7.10. The summed E-state index contributed by atoms with van der Waals surface area (Å²) in [6, 6.07) is 25.8. The highest BCUT2D eigenvalue weighted by Gasteiger charge is 2.32. The monoisotopic (exact) mass is 496 g/mol. The minimum absolute atomic E-state index is 0.0297. The van der Waals surface area contributed by atoms with E-state index in [0.29, 0.717) is 21.8 Å². The summed E-state index contributed by atoms with van der Waals surface area (Å²) in [4.78, 5) is 17.4. The van der Waals surface area contributed by atoms with Crippen LogP contribution in [0, 0.1) is 11.3 Å². The second kappa shape index (κ2) is 9.90. The first-order valence-corrected chi connectivity index (χ1v) is 12.0. The number of hydrogen-bond acceptors (Lipinski definition) is 8. The van der Waals surface area contributed by atoms with E-state index in [-0.39, 0.29) is 23.2 Å². The predicted octanol–water partition coefficient (Wildman–Crippen LogP) is 4.68. The maximum atomic E-state index is 12.4. The summed E-state index contributed by atoms with van der Waals surface area (Å²) >= 11 is 1.03. The number of nitriles is 1. The fourth-order valence-corrected chi connectivity index (χ4v) is 4.73. The van der Waals surface area contributed by atoms with E-state index in [9.17, 15) is 15.2 Å². The largest absolute Gasteiger partial charge is 0.508 e. The summed E-state index contributed by atoms with van der Waals surface area (Å²) in [6.45, 7) is 1.93. The van der Waals surface area contributed by atoms with Crippen LogP contribution in [0.15, 0.2) is 95.3 Å². The molecule has 1 aliphatic rings. The number of phenols is 1. The molecule has 1 unspecified atom stereocenters. The van der Waals surface area contributed by atoms with Crippen LogP contribution < -0.4 is 9.54 Å². The van der Waals surface area contributed by atoms with Crippen LogP contribution in [-0.4, -0.2) is 27.5 Å². The summed E-state index contributed by atoms with van der Waals surface area (Å²) in [5.41, 5.74) is 2.59. The number of nitrogens with zero attached hydrogens (tertiary/aromatic N) is 4. The van der Waals surface area contributed by atoms with Gasteiger partial charge in [-0.05, 0) is 30.7 Å². The van der Waals surface area contributed by atoms with Crippen molar-refractivity contribution in [2.24, 2.45) is 4.99 Å². The van der Waals surface area contributed by atoms with Crippen LogP contribution in [0.5, 0.6) is 11.5 Å². The van der Waals surface area contributed by atoms with Gasteiger partial charge in [0.2, 0.25) is 15.7 Å². The lowest BCUT2D eigenvalue weighted by molar-refractivity contribution is 0.0524. The van der Waals surface area contributed by atoms with E-state index >= 15 is 0 Å². The van der Waals surface area contributed by atoms with Gasteiger partial charge in [0.05, 0.1) is 18.2 Å². The normalized spacial score (nSPS) is 15.1. The molecule has 0 saturated heterocycles. The average molecular weight is 497 g/mol. The maximum absolute atomic E-state index is 12.4. The van der Waals surface area contributed by atoms with Gasteiger partial charge >= 0.3 is 5.97 Å². The van der Waals surface area contributed by atoms with Crippen LogP contribution in [0.2, 0.25) is 0 Å². The van der Waals surface area contributed by atoms with Gasteiger partial charge in [0.25, 0.3) is 0 Å². The number of esters is 1. The number of aromatic hydroxyl groups is 1. The Balaban J connectivity index is 1.74. The molecule has 4 aromatic rings. The summed E-state index contributed by atoms with van der Waals surface area (Å²) in [6.07, 6.45) is 0. The molecule has 0 saturated carbocycles. The summed E-state index contributed by atoms with van der Waals surface area (Å²) in [7, 11) is 0. The zero-order valence-electron chi connectivity index (χ0n) is 19.2. The van der Waals surface area contributed by atoms with Gasteiger partial charge in [0.1, 0.15) is 23.1 Å². The summed E-state index contributed by atoms with van der Waals surface area (Å²) < 4.78 is 12.7. The van der Waals surface area contributed by atoms with Crippen molar-refractivity contribution in [1.82, 2.24) is 9.78 Å². The smallest absolute Gasteiger partial charge is 0.369 e. The molecule has 3 aromatic carbocycles. The molecule has 0 aliphatic carbocycles. The number of aromatic nitrogens is 2. The molecule has 2 heterocycles. The number of para-hydroxylation sites is 1. The Morgan fingerprint density at radius 1 is 1.17 bits per heavy atom. The molecular weight excluding hydrogens is 476 g/mol. The van der Waals surface area contributed by atoms with Gasteiger partial charge in [-0.3, -0.25) is 0 Å². The molecule has 0 fully saturated rings. The third kappa shape index (κ3) is 4.37. The topological polar surface area (TPSA) is 110 Å². The number of benzene rings is 3. The molecule has 0 amide bonds. The average Bonchev–Trinajstić information content (AvgIpc) is 3.33. The number of carbonyl (C=O) groups excluding carboxylic acids is 1. The summed E-state index contributed by atoms with van der Waals surface area (Å²) in [5.74, 6) is -0.537. The Morgan fingerprint density at radius 2 is 1.89 bits per heavy atom. The minimum Gasteiger partial charge on any atom is -0.508 e. The quantitative estimate of drug-likeness (QED) is 0.402. The first kappa shape index (κ1) is 23.1. The SMILES string of the molecule is CCOC(=O)c1nn(-c2ccccc2)/c(=N/C2=C(C#N)C(c3ccccc3)c3ccc(O)cc3O2)s1. The Kier molecular flexibility index (Phi) is 6.34. The lowest BCUT2D eigenvalue weighted by Crippen LogP contribution is -2.20. The molecule has 36 heavy (non-hydrogen) atoms. The fraction of sp³-hybridized carbons (Fsp3) is 0.111. The van der Waals surface area contributed by atoms with E-state index in [1.165, 1.54) is 10.7 Å². The van der Waals surface area contributed by atoms with Crippen molar-refractivity contribution in [2.45, 2.75) is 12.8 Å².